The number of likely N-dealkylation sites (tertiary alicyclic amines) is 1. The second-order valence-electron chi connectivity index (χ2n) is 6.73. The lowest BCUT2D eigenvalue weighted by molar-refractivity contribution is -0.129. The van der Waals surface area contributed by atoms with Crippen LogP contribution in [-0.4, -0.2) is 52.9 Å². The number of hydrogen-bond acceptors (Lipinski definition) is 6. The van der Waals surface area contributed by atoms with Crippen LogP contribution >= 0.6 is 0 Å². The fraction of sp³-hybridized carbons (Fsp3) is 0.500. The van der Waals surface area contributed by atoms with Gasteiger partial charge in [0.1, 0.15) is 5.60 Å². The summed E-state index contributed by atoms with van der Waals surface area (Å²) < 4.78 is 16.9. The molecule has 4 rings (SSSR count). The van der Waals surface area contributed by atoms with Gasteiger partial charge in [0.2, 0.25) is 5.76 Å². The quantitative estimate of drug-likeness (QED) is 0.824. The monoisotopic (exact) mass is 343 g/mol. The van der Waals surface area contributed by atoms with E-state index in [0.717, 1.165) is 12.1 Å². The van der Waals surface area contributed by atoms with Crippen LogP contribution in [0.4, 0.5) is 0 Å². The normalized spacial score (nSPS) is 21.5. The van der Waals surface area contributed by atoms with Crippen LogP contribution in [0, 0.1) is 12.8 Å². The maximum absolute atomic E-state index is 12.4. The number of aromatic nitrogens is 2. The summed E-state index contributed by atoms with van der Waals surface area (Å²) in [5.74, 6) is 0.444. The molecule has 0 aliphatic carbocycles. The number of ether oxygens (including phenoxy) is 2. The first-order chi connectivity index (χ1) is 12.2. The minimum absolute atomic E-state index is 0.130. The van der Waals surface area contributed by atoms with Crippen LogP contribution in [0.25, 0.3) is 0 Å². The molecule has 2 aromatic rings. The highest BCUT2D eigenvalue weighted by Crippen LogP contribution is 2.40. The van der Waals surface area contributed by atoms with E-state index in [0.29, 0.717) is 38.6 Å². The summed E-state index contributed by atoms with van der Waals surface area (Å²) in [7, 11) is 0. The van der Waals surface area contributed by atoms with Crippen LogP contribution in [0.2, 0.25) is 0 Å². The maximum Gasteiger partial charge on any atom is 0.292 e. The second kappa shape index (κ2) is 6.57. The first-order valence-corrected chi connectivity index (χ1v) is 8.50. The summed E-state index contributed by atoms with van der Waals surface area (Å²) in [6.45, 7) is 4.76. The Kier molecular flexibility index (Phi) is 4.27. The third-order valence-corrected chi connectivity index (χ3v) is 4.94. The second-order valence-corrected chi connectivity index (χ2v) is 6.73. The van der Waals surface area contributed by atoms with Crippen molar-refractivity contribution in [2.75, 3.05) is 26.3 Å². The molecule has 7 heteroatoms. The highest BCUT2D eigenvalue weighted by Gasteiger charge is 2.54. The molecule has 4 heterocycles. The summed E-state index contributed by atoms with van der Waals surface area (Å²) in [6, 6.07) is 7.45. The number of carbonyl (C=O) groups is 1. The van der Waals surface area contributed by atoms with Crippen LogP contribution in [0.1, 0.15) is 28.4 Å². The zero-order chi connectivity index (χ0) is 17.3. The van der Waals surface area contributed by atoms with Crippen molar-refractivity contribution in [1.82, 2.24) is 15.0 Å². The van der Waals surface area contributed by atoms with Crippen molar-refractivity contribution in [2.24, 2.45) is 5.92 Å². The predicted octanol–water partition coefficient (Wildman–Crippen LogP) is 1.83. The molecule has 2 aromatic heterocycles. The van der Waals surface area contributed by atoms with Crippen molar-refractivity contribution in [3.63, 3.8) is 0 Å². The minimum Gasteiger partial charge on any atom is -0.375 e. The van der Waals surface area contributed by atoms with Crippen LogP contribution < -0.4 is 0 Å². The molecule has 1 spiro atoms. The molecule has 132 valence electrons. The number of aryl methyl sites for hydroxylation is 1. The lowest BCUT2D eigenvalue weighted by atomic mass is 9.81. The van der Waals surface area contributed by atoms with Crippen molar-refractivity contribution in [3.05, 3.63) is 47.6 Å². The van der Waals surface area contributed by atoms with E-state index >= 15 is 0 Å². The SMILES string of the molecule is Cc1cc(C(=O)N2CC3(C2)OCC[C@@H]3COCc2ccccn2)on1. The molecule has 2 fully saturated rings. The Labute approximate surface area is 145 Å². The van der Waals surface area contributed by atoms with E-state index in [4.69, 9.17) is 14.0 Å². The van der Waals surface area contributed by atoms with Gasteiger partial charge >= 0.3 is 0 Å². The average Bonchev–Trinajstić information content (AvgIpc) is 3.20. The van der Waals surface area contributed by atoms with Gasteiger partial charge in [-0.05, 0) is 25.5 Å². The van der Waals surface area contributed by atoms with E-state index in [1.807, 2.05) is 18.2 Å². The number of amides is 1. The standard InChI is InChI=1S/C18H21N3O4/c1-13-8-16(25-20-13)17(22)21-11-18(12-21)14(5-7-24-18)9-23-10-15-4-2-3-6-19-15/h2-4,6,8,14H,5,7,9-12H2,1H3/t14-/m1/s1. The Morgan fingerprint density at radius 1 is 1.44 bits per heavy atom. The van der Waals surface area contributed by atoms with Gasteiger partial charge in [0.25, 0.3) is 5.91 Å². The molecule has 2 aliphatic rings. The molecule has 2 saturated heterocycles. The fourth-order valence-corrected chi connectivity index (χ4v) is 3.52. The predicted molar refractivity (Wildman–Crippen MR) is 87.8 cm³/mol. The molecule has 7 nitrogen and oxygen atoms in total. The van der Waals surface area contributed by atoms with Gasteiger partial charge in [0, 0.05) is 24.8 Å². The highest BCUT2D eigenvalue weighted by molar-refractivity contribution is 5.92. The summed E-state index contributed by atoms with van der Waals surface area (Å²) in [4.78, 5) is 18.4. The Bertz CT molecular complexity index is 740. The summed E-state index contributed by atoms with van der Waals surface area (Å²) in [5, 5.41) is 3.77. The van der Waals surface area contributed by atoms with Gasteiger partial charge in [0.15, 0.2) is 0 Å². The van der Waals surface area contributed by atoms with E-state index in [-0.39, 0.29) is 23.2 Å². The van der Waals surface area contributed by atoms with Gasteiger partial charge < -0.3 is 18.9 Å². The third kappa shape index (κ3) is 3.17. The van der Waals surface area contributed by atoms with Gasteiger partial charge in [0.05, 0.1) is 37.7 Å². The molecular formula is C18H21N3O4. The van der Waals surface area contributed by atoms with E-state index in [1.54, 1.807) is 24.1 Å². The Morgan fingerprint density at radius 2 is 2.32 bits per heavy atom. The van der Waals surface area contributed by atoms with Gasteiger partial charge in [-0.3, -0.25) is 9.78 Å². The Hall–Kier alpha value is -2.25. The summed E-state index contributed by atoms with van der Waals surface area (Å²) >= 11 is 0. The van der Waals surface area contributed by atoms with Crippen molar-refractivity contribution < 1.29 is 18.8 Å². The van der Waals surface area contributed by atoms with Crippen LogP contribution in [-0.2, 0) is 16.1 Å². The molecular weight excluding hydrogens is 322 g/mol. The lowest BCUT2D eigenvalue weighted by Gasteiger charge is -2.49. The molecule has 0 radical (unpaired) electrons. The van der Waals surface area contributed by atoms with E-state index in [1.165, 1.54) is 0 Å². The molecule has 0 bridgehead atoms. The third-order valence-electron chi connectivity index (χ3n) is 4.94. The van der Waals surface area contributed by atoms with Crippen molar-refractivity contribution >= 4 is 5.91 Å². The zero-order valence-electron chi connectivity index (χ0n) is 14.2. The van der Waals surface area contributed by atoms with Crippen LogP contribution in [0.15, 0.2) is 35.0 Å². The molecule has 1 amide bonds. The van der Waals surface area contributed by atoms with Gasteiger partial charge in [-0.2, -0.15) is 0 Å². The van der Waals surface area contributed by atoms with E-state index < -0.39 is 0 Å². The molecule has 0 aromatic carbocycles. The van der Waals surface area contributed by atoms with Gasteiger partial charge in [-0.1, -0.05) is 11.2 Å². The number of nitrogens with zero attached hydrogens (tertiary/aromatic N) is 3. The van der Waals surface area contributed by atoms with Crippen molar-refractivity contribution in [1.29, 1.82) is 0 Å². The fourth-order valence-electron chi connectivity index (χ4n) is 3.52. The largest absolute Gasteiger partial charge is 0.375 e. The zero-order valence-corrected chi connectivity index (χ0v) is 14.2. The Morgan fingerprint density at radius 3 is 3.04 bits per heavy atom. The van der Waals surface area contributed by atoms with Gasteiger partial charge in [-0.15, -0.1) is 0 Å². The lowest BCUT2D eigenvalue weighted by Crippen LogP contribution is -2.66. The number of pyridine rings is 1. The average molecular weight is 343 g/mol. The Balaban J connectivity index is 1.31. The molecule has 0 unspecified atom stereocenters. The summed E-state index contributed by atoms with van der Waals surface area (Å²) in [5.41, 5.74) is 1.34. The topological polar surface area (TPSA) is 77.7 Å². The summed E-state index contributed by atoms with van der Waals surface area (Å²) in [6.07, 6.45) is 2.71. The van der Waals surface area contributed by atoms with Crippen LogP contribution in [0.5, 0.6) is 0 Å². The number of carbonyl (C=O) groups excluding carboxylic acids is 1. The highest BCUT2D eigenvalue weighted by atomic mass is 16.5. The smallest absolute Gasteiger partial charge is 0.292 e. The first kappa shape index (κ1) is 16.2. The van der Waals surface area contributed by atoms with E-state index in [2.05, 4.69) is 10.1 Å². The van der Waals surface area contributed by atoms with Crippen molar-refractivity contribution in [3.8, 4) is 0 Å². The number of hydrogen-bond donors (Lipinski definition) is 0. The van der Waals surface area contributed by atoms with Crippen LogP contribution in [0.3, 0.4) is 0 Å². The number of rotatable bonds is 5. The molecule has 25 heavy (non-hydrogen) atoms. The van der Waals surface area contributed by atoms with Crippen molar-refractivity contribution in [2.45, 2.75) is 25.6 Å². The minimum atomic E-state index is -0.283. The first-order valence-electron chi connectivity index (χ1n) is 8.50. The molecule has 2 aliphatic heterocycles. The van der Waals surface area contributed by atoms with Gasteiger partial charge in [-0.25, -0.2) is 0 Å². The maximum atomic E-state index is 12.4. The molecule has 0 saturated carbocycles. The molecule has 0 N–H and O–H groups in total. The molecule has 1 atom stereocenters. The van der Waals surface area contributed by atoms with E-state index in [9.17, 15) is 4.79 Å².